The van der Waals surface area contributed by atoms with Gasteiger partial charge in [-0.25, -0.2) is 0 Å². The number of unbranched alkanes of at least 4 members (excludes halogenated alkanes) is 1. The lowest BCUT2D eigenvalue weighted by Gasteiger charge is -2.24. The standard InChI is InChI=1S/C17H28N2O2/c1-13-8-9-14(2)15(11-13)21-10-6-5-7-16(20)19-17(3,4)12-18/h8-9,11H,5-7,10,12,18H2,1-4H3,(H,19,20). The van der Waals surface area contributed by atoms with Crippen LogP contribution in [0.4, 0.5) is 0 Å². The van der Waals surface area contributed by atoms with Gasteiger partial charge in [0.15, 0.2) is 0 Å². The summed E-state index contributed by atoms with van der Waals surface area (Å²) in [4.78, 5) is 11.7. The van der Waals surface area contributed by atoms with E-state index in [1.807, 2.05) is 26.8 Å². The van der Waals surface area contributed by atoms with Crippen LogP contribution in [0.5, 0.6) is 5.75 Å². The number of nitrogens with two attached hydrogens (primary N) is 1. The second-order valence-corrected chi connectivity index (χ2v) is 6.21. The number of carbonyl (C=O) groups excluding carboxylic acids is 1. The van der Waals surface area contributed by atoms with Crippen molar-refractivity contribution in [1.82, 2.24) is 5.32 Å². The number of carbonyl (C=O) groups is 1. The van der Waals surface area contributed by atoms with Crippen molar-refractivity contribution in [3.05, 3.63) is 29.3 Å². The van der Waals surface area contributed by atoms with E-state index in [0.29, 0.717) is 19.6 Å². The normalized spacial score (nSPS) is 11.3. The van der Waals surface area contributed by atoms with Crippen LogP contribution in [0.3, 0.4) is 0 Å². The SMILES string of the molecule is Cc1ccc(C)c(OCCCCC(=O)NC(C)(C)CN)c1. The molecule has 0 unspecified atom stereocenters. The van der Waals surface area contributed by atoms with Crippen LogP contribution in [-0.2, 0) is 4.79 Å². The van der Waals surface area contributed by atoms with Crippen LogP contribution in [-0.4, -0.2) is 24.6 Å². The number of benzene rings is 1. The summed E-state index contributed by atoms with van der Waals surface area (Å²) in [6.07, 6.45) is 2.20. The number of hydrogen-bond acceptors (Lipinski definition) is 3. The Morgan fingerprint density at radius 2 is 2.00 bits per heavy atom. The Morgan fingerprint density at radius 3 is 2.67 bits per heavy atom. The summed E-state index contributed by atoms with van der Waals surface area (Å²) < 4.78 is 5.77. The van der Waals surface area contributed by atoms with Gasteiger partial charge in [-0.2, -0.15) is 0 Å². The second-order valence-electron chi connectivity index (χ2n) is 6.21. The molecule has 21 heavy (non-hydrogen) atoms. The van der Waals surface area contributed by atoms with Crippen molar-refractivity contribution in [3.8, 4) is 5.75 Å². The van der Waals surface area contributed by atoms with E-state index in [9.17, 15) is 4.79 Å². The smallest absolute Gasteiger partial charge is 0.220 e. The Labute approximate surface area is 128 Å². The largest absolute Gasteiger partial charge is 0.493 e. The van der Waals surface area contributed by atoms with E-state index < -0.39 is 0 Å². The molecule has 0 aliphatic carbocycles. The summed E-state index contributed by atoms with van der Waals surface area (Å²) in [6, 6.07) is 6.19. The van der Waals surface area contributed by atoms with E-state index in [4.69, 9.17) is 10.5 Å². The van der Waals surface area contributed by atoms with Gasteiger partial charge in [0, 0.05) is 18.5 Å². The molecule has 4 nitrogen and oxygen atoms in total. The maximum Gasteiger partial charge on any atom is 0.220 e. The van der Waals surface area contributed by atoms with Crippen molar-refractivity contribution in [2.24, 2.45) is 5.73 Å². The molecule has 0 spiro atoms. The van der Waals surface area contributed by atoms with Gasteiger partial charge in [-0.3, -0.25) is 4.79 Å². The molecular formula is C17H28N2O2. The summed E-state index contributed by atoms with van der Waals surface area (Å²) >= 11 is 0. The molecule has 0 aliphatic heterocycles. The predicted octanol–water partition coefficient (Wildman–Crippen LogP) is 2.71. The van der Waals surface area contributed by atoms with Crippen LogP contribution in [0.25, 0.3) is 0 Å². The zero-order valence-electron chi connectivity index (χ0n) is 13.7. The van der Waals surface area contributed by atoms with E-state index in [0.717, 1.165) is 24.2 Å². The van der Waals surface area contributed by atoms with Gasteiger partial charge in [-0.1, -0.05) is 12.1 Å². The fraction of sp³-hybridized carbons (Fsp3) is 0.588. The average Bonchev–Trinajstić information content (AvgIpc) is 2.41. The molecule has 1 amide bonds. The first-order chi connectivity index (χ1) is 9.84. The van der Waals surface area contributed by atoms with E-state index in [1.165, 1.54) is 5.56 Å². The van der Waals surface area contributed by atoms with Crippen molar-refractivity contribution in [3.63, 3.8) is 0 Å². The molecule has 4 heteroatoms. The molecule has 0 fully saturated rings. The van der Waals surface area contributed by atoms with Crippen molar-refractivity contribution in [2.45, 2.75) is 52.5 Å². The van der Waals surface area contributed by atoms with Crippen molar-refractivity contribution < 1.29 is 9.53 Å². The summed E-state index contributed by atoms with van der Waals surface area (Å²) in [5, 5.41) is 2.93. The number of ether oxygens (including phenoxy) is 1. The van der Waals surface area contributed by atoms with Gasteiger partial charge in [-0.15, -0.1) is 0 Å². The molecule has 1 rings (SSSR count). The lowest BCUT2D eigenvalue weighted by Crippen LogP contribution is -2.48. The highest BCUT2D eigenvalue weighted by Gasteiger charge is 2.17. The Bertz CT molecular complexity index is 470. The maximum atomic E-state index is 11.7. The maximum absolute atomic E-state index is 11.7. The molecule has 1 aromatic carbocycles. The highest BCUT2D eigenvalue weighted by Crippen LogP contribution is 2.19. The van der Waals surface area contributed by atoms with Crippen LogP contribution < -0.4 is 15.8 Å². The number of nitrogens with one attached hydrogen (secondary N) is 1. The predicted molar refractivity (Wildman–Crippen MR) is 86.5 cm³/mol. The number of hydrogen-bond donors (Lipinski definition) is 2. The monoisotopic (exact) mass is 292 g/mol. The van der Waals surface area contributed by atoms with E-state index >= 15 is 0 Å². The molecule has 0 bridgehead atoms. The Kier molecular flexibility index (Phi) is 6.69. The molecule has 0 radical (unpaired) electrons. The Balaban J connectivity index is 2.23. The summed E-state index contributed by atoms with van der Waals surface area (Å²) in [5.41, 5.74) is 7.60. The first-order valence-electron chi connectivity index (χ1n) is 7.55. The summed E-state index contributed by atoms with van der Waals surface area (Å²) in [5.74, 6) is 0.987. The number of rotatable bonds is 8. The van der Waals surface area contributed by atoms with Gasteiger partial charge >= 0.3 is 0 Å². The lowest BCUT2D eigenvalue weighted by atomic mass is 10.1. The molecule has 118 valence electrons. The minimum absolute atomic E-state index is 0.0530. The van der Waals surface area contributed by atoms with Gasteiger partial charge in [0.1, 0.15) is 5.75 Å². The Morgan fingerprint density at radius 1 is 1.29 bits per heavy atom. The minimum atomic E-state index is -0.327. The van der Waals surface area contributed by atoms with Crippen molar-refractivity contribution in [2.75, 3.05) is 13.2 Å². The quantitative estimate of drug-likeness (QED) is 0.724. The van der Waals surface area contributed by atoms with Gasteiger partial charge in [0.2, 0.25) is 5.91 Å². The van der Waals surface area contributed by atoms with E-state index in [-0.39, 0.29) is 11.4 Å². The Hall–Kier alpha value is -1.55. The van der Waals surface area contributed by atoms with Crippen LogP contribution in [0.2, 0.25) is 0 Å². The van der Waals surface area contributed by atoms with Gasteiger partial charge < -0.3 is 15.8 Å². The van der Waals surface area contributed by atoms with Crippen LogP contribution >= 0.6 is 0 Å². The number of aryl methyl sites for hydroxylation is 2. The van der Waals surface area contributed by atoms with Crippen molar-refractivity contribution >= 4 is 5.91 Å². The van der Waals surface area contributed by atoms with Crippen LogP contribution in [0.15, 0.2) is 18.2 Å². The summed E-state index contributed by atoms with van der Waals surface area (Å²) in [7, 11) is 0. The highest BCUT2D eigenvalue weighted by molar-refractivity contribution is 5.76. The van der Waals surface area contributed by atoms with Crippen LogP contribution in [0.1, 0.15) is 44.2 Å². The topological polar surface area (TPSA) is 64.3 Å². The third-order valence-electron chi connectivity index (χ3n) is 3.39. The molecule has 0 aliphatic rings. The minimum Gasteiger partial charge on any atom is -0.493 e. The molecule has 0 atom stereocenters. The molecule has 0 saturated heterocycles. The fourth-order valence-corrected chi connectivity index (χ4v) is 1.92. The first-order valence-corrected chi connectivity index (χ1v) is 7.55. The lowest BCUT2D eigenvalue weighted by molar-refractivity contribution is -0.122. The molecule has 1 aromatic rings. The van der Waals surface area contributed by atoms with E-state index in [1.54, 1.807) is 0 Å². The first kappa shape index (κ1) is 17.5. The molecule has 3 N–H and O–H groups in total. The van der Waals surface area contributed by atoms with E-state index in [2.05, 4.69) is 24.4 Å². The van der Waals surface area contributed by atoms with Crippen LogP contribution in [0, 0.1) is 13.8 Å². The second kappa shape index (κ2) is 8.03. The molecule has 0 saturated carbocycles. The fourth-order valence-electron chi connectivity index (χ4n) is 1.92. The summed E-state index contributed by atoms with van der Waals surface area (Å²) in [6.45, 7) is 9.02. The van der Waals surface area contributed by atoms with Crippen molar-refractivity contribution in [1.29, 1.82) is 0 Å². The van der Waals surface area contributed by atoms with Gasteiger partial charge in [0.25, 0.3) is 0 Å². The highest BCUT2D eigenvalue weighted by atomic mass is 16.5. The molecule has 0 heterocycles. The van der Waals surface area contributed by atoms with Gasteiger partial charge in [0.05, 0.1) is 6.61 Å². The molecular weight excluding hydrogens is 264 g/mol. The number of amides is 1. The zero-order chi connectivity index (χ0) is 15.9. The third-order valence-corrected chi connectivity index (χ3v) is 3.39. The average molecular weight is 292 g/mol. The van der Waals surface area contributed by atoms with Gasteiger partial charge in [-0.05, 0) is 57.7 Å². The molecule has 0 aromatic heterocycles. The zero-order valence-corrected chi connectivity index (χ0v) is 13.7. The third kappa shape index (κ3) is 6.63.